The van der Waals surface area contributed by atoms with Gasteiger partial charge in [0.15, 0.2) is 0 Å². The summed E-state index contributed by atoms with van der Waals surface area (Å²) in [7, 11) is 1.82. The van der Waals surface area contributed by atoms with Gasteiger partial charge in [-0.15, -0.1) is 0 Å². The van der Waals surface area contributed by atoms with Crippen molar-refractivity contribution in [2.75, 3.05) is 38.3 Å². The Morgan fingerprint density at radius 3 is 2.48 bits per heavy atom. The first-order valence-electron chi connectivity index (χ1n) is 10.7. The smallest absolute Gasteiger partial charge is 0.225 e. The predicted octanol–water partition coefficient (Wildman–Crippen LogP) is 3.45. The second-order valence-electron chi connectivity index (χ2n) is 8.11. The van der Waals surface area contributed by atoms with E-state index >= 15 is 0 Å². The number of amides is 2. The van der Waals surface area contributed by atoms with Crippen molar-refractivity contribution in [3.63, 3.8) is 0 Å². The van der Waals surface area contributed by atoms with E-state index in [2.05, 4.69) is 29.2 Å². The van der Waals surface area contributed by atoms with Gasteiger partial charge < -0.3 is 19.4 Å². The highest BCUT2D eigenvalue weighted by atomic mass is 16.5. The predicted molar refractivity (Wildman–Crippen MR) is 121 cm³/mol. The molecule has 31 heavy (non-hydrogen) atoms. The number of fused-ring (bicyclic) bond motifs is 1. The van der Waals surface area contributed by atoms with Gasteiger partial charge in [-0.05, 0) is 34.9 Å². The maximum Gasteiger partial charge on any atom is 0.225 e. The number of nitrogens with zero attached hydrogens (tertiary/aromatic N) is 3. The third-order valence-corrected chi connectivity index (χ3v) is 6.00. The van der Waals surface area contributed by atoms with Crippen molar-refractivity contribution in [2.45, 2.75) is 25.9 Å². The van der Waals surface area contributed by atoms with Crippen LogP contribution >= 0.6 is 0 Å². The number of benzene rings is 2. The minimum atomic E-state index is -0.280. The lowest BCUT2D eigenvalue weighted by Gasteiger charge is -2.33. The summed E-state index contributed by atoms with van der Waals surface area (Å²) in [5.74, 6) is -0.0523. The standard InChI is InChI=1S/C25H29N3O3/c1-19(29)28-12-11-21-5-3-4-6-23(21)24(28)17-25(30)26(2)18-20-7-9-22(10-8-20)27-13-15-31-16-14-27/h3-12,24H,13-18H2,1-2H3/t24-/m1/s1. The van der Waals surface area contributed by atoms with Gasteiger partial charge in [-0.25, -0.2) is 0 Å². The Bertz CT molecular complexity index is 964. The normalized spacial score (nSPS) is 17.9. The molecule has 0 spiro atoms. The Kier molecular flexibility index (Phi) is 6.37. The van der Waals surface area contributed by atoms with Crippen molar-refractivity contribution in [3.05, 3.63) is 71.4 Å². The maximum absolute atomic E-state index is 13.0. The fourth-order valence-electron chi connectivity index (χ4n) is 4.23. The van der Waals surface area contributed by atoms with Crippen LogP contribution in [0, 0.1) is 0 Å². The maximum atomic E-state index is 13.0. The Morgan fingerprint density at radius 2 is 1.77 bits per heavy atom. The lowest BCUT2D eigenvalue weighted by molar-refractivity contribution is -0.134. The number of ether oxygens (including phenoxy) is 1. The highest BCUT2D eigenvalue weighted by Crippen LogP contribution is 2.33. The topological polar surface area (TPSA) is 53.1 Å². The lowest BCUT2D eigenvalue weighted by Crippen LogP contribution is -2.36. The van der Waals surface area contributed by atoms with Crippen molar-refractivity contribution in [1.82, 2.24) is 9.80 Å². The van der Waals surface area contributed by atoms with E-state index in [0.717, 1.165) is 43.0 Å². The second kappa shape index (κ2) is 9.35. The van der Waals surface area contributed by atoms with Crippen molar-refractivity contribution in [1.29, 1.82) is 0 Å². The van der Waals surface area contributed by atoms with Gasteiger partial charge in [-0.1, -0.05) is 36.4 Å². The van der Waals surface area contributed by atoms with Gasteiger partial charge in [0, 0.05) is 45.5 Å². The lowest BCUT2D eigenvalue weighted by atomic mass is 9.93. The molecule has 1 saturated heterocycles. The zero-order valence-electron chi connectivity index (χ0n) is 18.2. The fraction of sp³-hybridized carbons (Fsp3) is 0.360. The summed E-state index contributed by atoms with van der Waals surface area (Å²) in [6.07, 6.45) is 3.97. The molecule has 0 aliphatic carbocycles. The molecule has 6 nitrogen and oxygen atoms in total. The summed E-state index contributed by atoms with van der Waals surface area (Å²) < 4.78 is 5.42. The van der Waals surface area contributed by atoms with Gasteiger partial charge in [0.2, 0.25) is 11.8 Å². The minimum Gasteiger partial charge on any atom is -0.378 e. The molecule has 2 amide bonds. The molecule has 2 aromatic rings. The van der Waals surface area contributed by atoms with E-state index in [1.165, 1.54) is 12.6 Å². The quantitative estimate of drug-likeness (QED) is 0.745. The van der Waals surface area contributed by atoms with Crippen molar-refractivity contribution in [3.8, 4) is 0 Å². The molecule has 2 aliphatic rings. The van der Waals surface area contributed by atoms with Gasteiger partial charge in [0.25, 0.3) is 0 Å². The molecular weight excluding hydrogens is 390 g/mol. The van der Waals surface area contributed by atoms with E-state index in [1.807, 2.05) is 37.4 Å². The molecule has 2 aliphatic heterocycles. The zero-order chi connectivity index (χ0) is 21.8. The summed E-state index contributed by atoms with van der Waals surface area (Å²) in [5, 5.41) is 0. The van der Waals surface area contributed by atoms with Crippen molar-refractivity contribution < 1.29 is 14.3 Å². The second-order valence-corrected chi connectivity index (χ2v) is 8.11. The van der Waals surface area contributed by atoms with Crippen molar-refractivity contribution >= 4 is 23.6 Å². The van der Waals surface area contributed by atoms with Crippen LogP contribution in [-0.2, 0) is 20.9 Å². The van der Waals surface area contributed by atoms with Crippen LogP contribution in [0.5, 0.6) is 0 Å². The molecule has 2 aromatic carbocycles. The number of rotatable bonds is 5. The third-order valence-electron chi connectivity index (χ3n) is 6.00. The highest BCUT2D eigenvalue weighted by Gasteiger charge is 2.29. The summed E-state index contributed by atoms with van der Waals surface area (Å²) in [5.41, 5.74) is 4.33. The van der Waals surface area contributed by atoms with E-state index in [0.29, 0.717) is 6.54 Å². The summed E-state index contributed by atoms with van der Waals surface area (Å²) in [4.78, 5) is 30.9. The Balaban J connectivity index is 1.42. The number of hydrogen-bond acceptors (Lipinski definition) is 4. The van der Waals surface area contributed by atoms with Crippen LogP contribution < -0.4 is 4.90 Å². The average molecular weight is 420 g/mol. The van der Waals surface area contributed by atoms with Crippen LogP contribution in [0.1, 0.15) is 36.1 Å². The molecule has 0 N–H and O–H groups in total. The molecule has 0 unspecified atom stereocenters. The summed E-state index contributed by atoms with van der Waals surface area (Å²) in [6.45, 7) is 5.40. The monoisotopic (exact) mass is 419 g/mol. The molecule has 4 rings (SSSR count). The molecule has 1 atom stereocenters. The largest absolute Gasteiger partial charge is 0.378 e. The number of carbonyl (C=O) groups excluding carboxylic acids is 2. The number of morpholine rings is 1. The van der Waals surface area contributed by atoms with Crippen LogP contribution in [0.25, 0.3) is 6.08 Å². The Hall–Kier alpha value is -3.12. The van der Waals surface area contributed by atoms with E-state index in [-0.39, 0.29) is 24.3 Å². The highest BCUT2D eigenvalue weighted by molar-refractivity contribution is 5.81. The zero-order valence-corrected chi connectivity index (χ0v) is 18.2. The van der Waals surface area contributed by atoms with Gasteiger partial charge in [0.1, 0.15) is 0 Å². The van der Waals surface area contributed by atoms with Gasteiger partial charge in [-0.3, -0.25) is 9.59 Å². The number of carbonyl (C=O) groups is 2. The van der Waals surface area contributed by atoms with Crippen LogP contribution in [0.3, 0.4) is 0 Å². The van der Waals surface area contributed by atoms with Gasteiger partial charge >= 0.3 is 0 Å². The number of hydrogen-bond donors (Lipinski definition) is 0. The van der Waals surface area contributed by atoms with Crippen molar-refractivity contribution in [2.24, 2.45) is 0 Å². The fourth-order valence-corrected chi connectivity index (χ4v) is 4.23. The Morgan fingerprint density at radius 1 is 1.06 bits per heavy atom. The van der Waals surface area contributed by atoms with E-state index in [4.69, 9.17) is 4.74 Å². The van der Waals surface area contributed by atoms with Gasteiger partial charge in [-0.2, -0.15) is 0 Å². The molecule has 6 heteroatoms. The Labute approximate surface area is 183 Å². The molecule has 0 saturated carbocycles. The molecule has 162 valence electrons. The van der Waals surface area contributed by atoms with Crippen LogP contribution in [-0.4, -0.2) is 55.0 Å². The SMILES string of the molecule is CC(=O)N1C=Cc2ccccc2[C@H]1CC(=O)N(C)Cc1ccc(N2CCOCC2)cc1. The molecule has 2 heterocycles. The molecular formula is C25H29N3O3. The van der Waals surface area contributed by atoms with Gasteiger partial charge in [0.05, 0.1) is 25.7 Å². The van der Waals surface area contributed by atoms with E-state index in [9.17, 15) is 9.59 Å². The summed E-state index contributed by atoms with van der Waals surface area (Å²) in [6, 6.07) is 16.0. The minimum absolute atomic E-state index is 0.0126. The molecule has 0 aromatic heterocycles. The average Bonchev–Trinajstić information content (AvgIpc) is 2.80. The van der Waals surface area contributed by atoms with E-state index in [1.54, 1.807) is 16.0 Å². The first kappa shape index (κ1) is 21.1. The summed E-state index contributed by atoms with van der Waals surface area (Å²) >= 11 is 0. The number of anilines is 1. The molecule has 0 bridgehead atoms. The van der Waals surface area contributed by atoms with Crippen LogP contribution in [0.2, 0.25) is 0 Å². The third kappa shape index (κ3) is 4.80. The first-order valence-corrected chi connectivity index (χ1v) is 10.7. The molecule has 0 radical (unpaired) electrons. The first-order chi connectivity index (χ1) is 15.0. The van der Waals surface area contributed by atoms with E-state index < -0.39 is 0 Å². The van der Waals surface area contributed by atoms with Crippen LogP contribution in [0.15, 0.2) is 54.7 Å². The van der Waals surface area contributed by atoms with Crippen LogP contribution in [0.4, 0.5) is 5.69 Å². The molecule has 1 fully saturated rings.